The molecule has 7 heteroatoms. The highest BCUT2D eigenvalue weighted by atomic mass is 32.2. The number of pyridine rings is 1. The Balaban J connectivity index is 2.89. The van der Waals surface area contributed by atoms with Crippen molar-refractivity contribution >= 4 is 19.3 Å². The fourth-order valence-corrected chi connectivity index (χ4v) is 3.89. The molecule has 1 aromatic rings. The Hall–Kier alpha value is -0.763. The van der Waals surface area contributed by atoms with Gasteiger partial charge in [-0.3, -0.25) is 0 Å². The molecule has 0 unspecified atom stereocenters. The molecule has 1 aromatic heterocycles. The predicted octanol–water partition coefficient (Wildman–Crippen LogP) is 4.60. The van der Waals surface area contributed by atoms with Crippen LogP contribution in [0.1, 0.15) is 59.6 Å². The van der Waals surface area contributed by atoms with Gasteiger partial charge in [-0.25, -0.2) is 13.9 Å². The molecule has 2 atom stereocenters. The molecule has 0 spiro atoms. The summed E-state index contributed by atoms with van der Waals surface area (Å²) in [6.45, 7) is 17.7. The van der Waals surface area contributed by atoms with Crippen LogP contribution in [-0.4, -0.2) is 36.0 Å². The minimum atomic E-state index is -1.80. The first-order valence-electron chi connectivity index (χ1n) is 9.10. The summed E-state index contributed by atoms with van der Waals surface area (Å²) < 4.78 is 27.0. The highest BCUT2D eigenvalue weighted by molar-refractivity contribution is 7.84. The first-order valence-corrected chi connectivity index (χ1v) is 13.2. The van der Waals surface area contributed by atoms with Gasteiger partial charge in [0.15, 0.2) is 8.32 Å². The SMILES string of the molecule is COc1ccc([C@@H](CCO[Si](C)(C)C(C)(C)C)N[S@](=O)C(C)(C)C)cn1. The summed E-state index contributed by atoms with van der Waals surface area (Å²) in [5, 5.41) is 0.172. The van der Waals surface area contributed by atoms with Crippen LogP contribution < -0.4 is 9.46 Å². The van der Waals surface area contributed by atoms with Crippen LogP contribution in [0.25, 0.3) is 0 Å². The lowest BCUT2D eigenvalue weighted by molar-refractivity contribution is 0.269. The van der Waals surface area contributed by atoms with Gasteiger partial charge in [0.1, 0.15) is 0 Å². The van der Waals surface area contributed by atoms with Gasteiger partial charge in [0, 0.05) is 24.9 Å². The standard InChI is InChI=1S/C19H36N2O3SSi/c1-18(2,3)25(22)21-16(15-10-11-17(23-7)20-14-15)12-13-24-26(8,9)19(4,5)6/h10-11,14,16,21H,12-13H2,1-9H3/t16-,25-/m1/s1. The molecule has 0 fully saturated rings. The minimum absolute atomic E-state index is 0.0850. The van der Waals surface area contributed by atoms with E-state index in [0.717, 1.165) is 12.0 Å². The van der Waals surface area contributed by atoms with E-state index in [1.54, 1.807) is 13.3 Å². The molecule has 0 aliphatic rings. The third-order valence-corrected chi connectivity index (χ3v) is 11.0. The van der Waals surface area contributed by atoms with E-state index in [0.29, 0.717) is 12.5 Å². The van der Waals surface area contributed by atoms with Crippen molar-refractivity contribution in [1.82, 2.24) is 9.71 Å². The van der Waals surface area contributed by atoms with E-state index in [1.807, 2.05) is 32.9 Å². The largest absolute Gasteiger partial charge is 0.481 e. The molecule has 0 amide bonds. The molecule has 0 aromatic carbocycles. The zero-order valence-corrected chi connectivity index (χ0v) is 19.6. The molecule has 26 heavy (non-hydrogen) atoms. The van der Waals surface area contributed by atoms with Crippen molar-refractivity contribution in [3.05, 3.63) is 23.9 Å². The molecule has 150 valence electrons. The van der Waals surface area contributed by atoms with Crippen molar-refractivity contribution in [3.8, 4) is 5.88 Å². The van der Waals surface area contributed by atoms with Crippen LogP contribution in [0.5, 0.6) is 5.88 Å². The molecule has 1 heterocycles. The van der Waals surface area contributed by atoms with Gasteiger partial charge in [-0.05, 0) is 50.9 Å². The van der Waals surface area contributed by atoms with Crippen molar-refractivity contribution < 1.29 is 13.4 Å². The summed E-state index contributed by atoms with van der Waals surface area (Å²) in [5.74, 6) is 0.571. The van der Waals surface area contributed by atoms with Gasteiger partial charge >= 0.3 is 0 Å². The van der Waals surface area contributed by atoms with Crippen molar-refractivity contribution in [2.75, 3.05) is 13.7 Å². The van der Waals surface area contributed by atoms with Crippen LogP contribution in [0.3, 0.4) is 0 Å². The Morgan fingerprint density at radius 2 is 1.81 bits per heavy atom. The number of aromatic nitrogens is 1. The number of rotatable bonds is 8. The summed E-state index contributed by atoms with van der Waals surface area (Å²) >= 11 is 0. The molecule has 0 saturated carbocycles. The molecule has 0 saturated heterocycles. The van der Waals surface area contributed by atoms with Gasteiger partial charge in [0.05, 0.1) is 22.8 Å². The normalized spacial score (nSPS) is 15.6. The predicted molar refractivity (Wildman–Crippen MR) is 112 cm³/mol. The zero-order valence-electron chi connectivity index (χ0n) is 17.8. The van der Waals surface area contributed by atoms with E-state index in [-0.39, 0.29) is 15.8 Å². The van der Waals surface area contributed by atoms with Gasteiger partial charge < -0.3 is 9.16 Å². The molecule has 1 rings (SSSR count). The average molecular weight is 401 g/mol. The number of nitrogens with one attached hydrogen (secondary N) is 1. The van der Waals surface area contributed by atoms with E-state index in [1.165, 1.54) is 0 Å². The smallest absolute Gasteiger partial charge is 0.212 e. The lowest BCUT2D eigenvalue weighted by atomic mass is 10.1. The number of methoxy groups -OCH3 is 1. The highest BCUT2D eigenvalue weighted by Crippen LogP contribution is 2.37. The lowest BCUT2D eigenvalue weighted by Gasteiger charge is -2.36. The maximum atomic E-state index is 12.6. The van der Waals surface area contributed by atoms with E-state index in [2.05, 4.69) is 43.6 Å². The maximum absolute atomic E-state index is 12.6. The van der Waals surface area contributed by atoms with E-state index in [9.17, 15) is 4.21 Å². The van der Waals surface area contributed by atoms with Gasteiger partial charge in [-0.1, -0.05) is 26.8 Å². The molecule has 5 nitrogen and oxygen atoms in total. The monoisotopic (exact) mass is 400 g/mol. The molecule has 0 aliphatic heterocycles. The van der Waals surface area contributed by atoms with Crippen molar-refractivity contribution in [2.45, 2.75) is 76.9 Å². The second kappa shape index (κ2) is 8.95. The fraction of sp³-hybridized carbons (Fsp3) is 0.737. The van der Waals surface area contributed by atoms with Crippen molar-refractivity contribution in [2.24, 2.45) is 0 Å². The third-order valence-electron chi connectivity index (χ3n) is 4.85. The zero-order chi connectivity index (χ0) is 20.2. The summed E-state index contributed by atoms with van der Waals surface area (Å²) in [5.41, 5.74) is 0.988. The quantitative estimate of drug-likeness (QED) is 0.648. The topological polar surface area (TPSA) is 60.5 Å². The highest BCUT2D eigenvalue weighted by Gasteiger charge is 2.37. The van der Waals surface area contributed by atoms with Crippen LogP contribution in [-0.2, 0) is 15.4 Å². The number of hydrogen-bond acceptors (Lipinski definition) is 4. The van der Waals surface area contributed by atoms with Crippen molar-refractivity contribution in [1.29, 1.82) is 0 Å². The first-order chi connectivity index (χ1) is 11.8. The summed E-state index contributed by atoms with van der Waals surface area (Å²) in [7, 11) is -1.38. The van der Waals surface area contributed by atoms with Crippen molar-refractivity contribution in [3.63, 3.8) is 0 Å². The Labute approximate surface area is 163 Å². The number of nitrogens with zero attached hydrogens (tertiary/aromatic N) is 1. The molecular weight excluding hydrogens is 364 g/mol. The number of hydrogen-bond donors (Lipinski definition) is 1. The Morgan fingerprint density at radius 3 is 2.23 bits per heavy atom. The lowest BCUT2D eigenvalue weighted by Crippen LogP contribution is -2.42. The fourth-order valence-electron chi connectivity index (χ4n) is 1.97. The van der Waals surface area contributed by atoms with E-state index < -0.39 is 19.3 Å². The summed E-state index contributed by atoms with van der Waals surface area (Å²) in [6, 6.07) is 3.72. The molecule has 1 N–H and O–H groups in total. The molecule has 0 aliphatic carbocycles. The third kappa shape index (κ3) is 6.76. The van der Waals surface area contributed by atoms with Crippen LogP contribution >= 0.6 is 0 Å². The molecule has 0 radical (unpaired) electrons. The van der Waals surface area contributed by atoms with Gasteiger partial charge in [0.2, 0.25) is 5.88 Å². The average Bonchev–Trinajstić information content (AvgIpc) is 2.51. The van der Waals surface area contributed by atoms with Gasteiger partial charge in [-0.2, -0.15) is 0 Å². The number of ether oxygens (including phenoxy) is 1. The van der Waals surface area contributed by atoms with Gasteiger partial charge in [0.25, 0.3) is 0 Å². The van der Waals surface area contributed by atoms with E-state index >= 15 is 0 Å². The van der Waals surface area contributed by atoms with Crippen LogP contribution in [0.2, 0.25) is 18.1 Å². The Morgan fingerprint density at radius 1 is 1.19 bits per heavy atom. The Bertz CT molecular complexity index is 592. The summed E-state index contributed by atoms with van der Waals surface area (Å²) in [4.78, 5) is 4.29. The maximum Gasteiger partial charge on any atom is 0.212 e. The molecular formula is C19H36N2O3SSi. The van der Waals surface area contributed by atoms with Crippen LogP contribution in [0.4, 0.5) is 0 Å². The minimum Gasteiger partial charge on any atom is -0.481 e. The molecule has 0 bridgehead atoms. The summed E-state index contributed by atoms with van der Waals surface area (Å²) in [6.07, 6.45) is 2.52. The van der Waals surface area contributed by atoms with Gasteiger partial charge in [-0.15, -0.1) is 0 Å². The first kappa shape index (κ1) is 23.3. The second-order valence-corrected chi connectivity index (χ2v) is 15.9. The van der Waals surface area contributed by atoms with Crippen LogP contribution in [0.15, 0.2) is 18.3 Å². The van der Waals surface area contributed by atoms with E-state index in [4.69, 9.17) is 9.16 Å². The Kier molecular flexibility index (Phi) is 8.01. The second-order valence-electron chi connectivity index (χ2n) is 9.08. The van der Waals surface area contributed by atoms with Crippen LogP contribution in [0, 0.1) is 0 Å².